The molecule has 2 aromatic carbocycles. The average molecular weight is 331 g/mol. The number of halogens is 1. The van der Waals surface area contributed by atoms with Crippen LogP contribution in [-0.2, 0) is 6.54 Å². The lowest BCUT2D eigenvalue weighted by Gasteiger charge is -2.34. The number of benzene rings is 2. The molecule has 0 atom stereocenters. The van der Waals surface area contributed by atoms with Crippen molar-refractivity contribution in [3.05, 3.63) is 53.8 Å². The Morgan fingerprint density at radius 3 is 2.42 bits per heavy atom. The van der Waals surface area contributed by atoms with Gasteiger partial charge in [0.15, 0.2) is 11.5 Å². The van der Waals surface area contributed by atoms with Gasteiger partial charge in [0.2, 0.25) is 0 Å². The summed E-state index contributed by atoms with van der Waals surface area (Å²) in [4.78, 5) is 3.59. The van der Waals surface area contributed by atoms with E-state index in [4.69, 9.17) is 9.47 Å². The minimum absolute atomic E-state index is 0.143. The number of hydrogen-bond acceptors (Lipinski definition) is 3. The molecule has 0 amide bonds. The summed E-state index contributed by atoms with van der Waals surface area (Å²) in [6.45, 7) is 4.51. The number of methoxy groups -OCH3 is 2. The molecule has 0 radical (unpaired) electrons. The maximum absolute atomic E-state index is 13.9. The van der Waals surface area contributed by atoms with E-state index in [0.717, 1.165) is 49.8 Å². The molecule has 2 aromatic rings. The number of quaternary nitrogens is 1. The van der Waals surface area contributed by atoms with Crippen molar-refractivity contribution in [1.82, 2.24) is 0 Å². The maximum Gasteiger partial charge on any atom is 0.169 e. The molecule has 4 nitrogen and oxygen atoms in total. The van der Waals surface area contributed by atoms with Crippen LogP contribution < -0.4 is 19.3 Å². The minimum Gasteiger partial charge on any atom is -0.493 e. The summed E-state index contributed by atoms with van der Waals surface area (Å²) in [7, 11) is 3.33. The quantitative estimate of drug-likeness (QED) is 0.904. The molecule has 1 aliphatic heterocycles. The lowest BCUT2D eigenvalue weighted by Crippen LogP contribution is -3.13. The number of anilines is 1. The van der Waals surface area contributed by atoms with Crippen LogP contribution in [0.15, 0.2) is 42.5 Å². The highest BCUT2D eigenvalue weighted by Gasteiger charge is 2.23. The Hall–Kier alpha value is -2.27. The first-order valence-corrected chi connectivity index (χ1v) is 8.26. The molecule has 24 heavy (non-hydrogen) atoms. The smallest absolute Gasteiger partial charge is 0.169 e. The first-order valence-electron chi connectivity index (χ1n) is 8.26. The predicted octanol–water partition coefficient (Wildman–Crippen LogP) is 1.75. The first kappa shape index (κ1) is 16.6. The monoisotopic (exact) mass is 331 g/mol. The number of ether oxygens (including phenoxy) is 2. The summed E-state index contributed by atoms with van der Waals surface area (Å²) in [6, 6.07) is 13.0. The van der Waals surface area contributed by atoms with Gasteiger partial charge in [0.25, 0.3) is 0 Å². The van der Waals surface area contributed by atoms with E-state index >= 15 is 0 Å². The van der Waals surface area contributed by atoms with Gasteiger partial charge in [0, 0.05) is 0 Å². The van der Waals surface area contributed by atoms with Crippen LogP contribution in [0.5, 0.6) is 11.5 Å². The van der Waals surface area contributed by atoms with Crippen molar-refractivity contribution in [2.75, 3.05) is 45.3 Å². The van der Waals surface area contributed by atoms with Crippen LogP contribution in [0.1, 0.15) is 5.56 Å². The molecule has 0 aliphatic carbocycles. The van der Waals surface area contributed by atoms with Crippen LogP contribution in [0.3, 0.4) is 0 Å². The van der Waals surface area contributed by atoms with Crippen molar-refractivity contribution in [2.45, 2.75) is 6.54 Å². The van der Waals surface area contributed by atoms with Crippen molar-refractivity contribution in [1.29, 1.82) is 0 Å². The summed E-state index contributed by atoms with van der Waals surface area (Å²) >= 11 is 0. The number of rotatable bonds is 5. The van der Waals surface area contributed by atoms with Crippen LogP contribution in [0.25, 0.3) is 0 Å². The van der Waals surface area contributed by atoms with Gasteiger partial charge in [-0.05, 0) is 24.3 Å². The van der Waals surface area contributed by atoms with Gasteiger partial charge < -0.3 is 19.3 Å². The first-order chi connectivity index (χ1) is 11.7. The fourth-order valence-corrected chi connectivity index (χ4v) is 3.31. The SMILES string of the molecule is COc1cccc(C[NH+]2CCN(c3ccccc3F)CC2)c1OC. The third kappa shape index (κ3) is 3.46. The fraction of sp³-hybridized carbons (Fsp3) is 0.368. The average Bonchev–Trinajstić information content (AvgIpc) is 2.62. The molecule has 0 spiro atoms. The highest BCUT2D eigenvalue weighted by molar-refractivity contribution is 5.48. The van der Waals surface area contributed by atoms with Crippen molar-refractivity contribution in [3.8, 4) is 11.5 Å². The van der Waals surface area contributed by atoms with Gasteiger partial charge in [-0.1, -0.05) is 18.2 Å². The van der Waals surface area contributed by atoms with Gasteiger partial charge in [-0.25, -0.2) is 4.39 Å². The molecule has 3 rings (SSSR count). The Balaban J connectivity index is 1.65. The second kappa shape index (κ2) is 7.53. The summed E-state index contributed by atoms with van der Waals surface area (Å²) in [5, 5.41) is 0. The number of para-hydroxylation sites is 2. The molecule has 1 aliphatic rings. The molecular weight excluding hydrogens is 307 g/mol. The van der Waals surface area contributed by atoms with E-state index in [1.807, 2.05) is 24.3 Å². The van der Waals surface area contributed by atoms with E-state index in [2.05, 4.69) is 11.0 Å². The van der Waals surface area contributed by atoms with Crippen molar-refractivity contribution >= 4 is 5.69 Å². The van der Waals surface area contributed by atoms with Crippen molar-refractivity contribution in [2.24, 2.45) is 0 Å². The molecule has 128 valence electrons. The maximum atomic E-state index is 13.9. The Morgan fingerprint density at radius 2 is 1.75 bits per heavy atom. The number of nitrogens with zero attached hydrogens (tertiary/aromatic N) is 1. The van der Waals surface area contributed by atoms with E-state index in [1.165, 1.54) is 11.0 Å². The highest BCUT2D eigenvalue weighted by Crippen LogP contribution is 2.30. The highest BCUT2D eigenvalue weighted by atomic mass is 19.1. The Kier molecular flexibility index (Phi) is 5.20. The summed E-state index contributed by atoms with van der Waals surface area (Å²) in [5.41, 5.74) is 1.85. The summed E-state index contributed by atoms with van der Waals surface area (Å²) in [6.07, 6.45) is 0. The van der Waals surface area contributed by atoms with E-state index in [-0.39, 0.29) is 5.82 Å². The molecule has 1 saturated heterocycles. The van der Waals surface area contributed by atoms with Gasteiger partial charge >= 0.3 is 0 Å². The minimum atomic E-state index is -0.143. The molecule has 1 N–H and O–H groups in total. The van der Waals surface area contributed by atoms with E-state index in [0.29, 0.717) is 5.69 Å². The predicted molar refractivity (Wildman–Crippen MR) is 92.6 cm³/mol. The molecule has 0 unspecified atom stereocenters. The van der Waals surface area contributed by atoms with Crippen molar-refractivity contribution in [3.63, 3.8) is 0 Å². The second-order valence-electron chi connectivity index (χ2n) is 6.02. The molecule has 0 saturated carbocycles. The lowest BCUT2D eigenvalue weighted by molar-refractivity contribution is -0.914. The number of nitrogens with one attached hydrogen (secondary N) is 1. The third-order valence-corrected chi connectivity index (χ3v) is 4.59. The Morgan fingerprint density at radius 1 is 1.00 bits per heavy atom. The van der Waals surface area contributed by atoms with Crippen molar-refractivity contribution < 1.29 is 18.8 Å². The van der Waals surface area contributed by atoms with Crippen LogP contribution in [0, 0.1) is 5.82 Å². The zero-order valence-electron chi connectivity index (χ0n) is 14.2. The summed E-state index contributed by atoms with van der Waals surface area (Å²) < 4.78 is 24.8. The lowest BCUT2D eigenvalue weighted by atomic mass is 10.1. The fourth-order valence-electron chi connectivity index (χ4n) is 3.31. The van der Waals surface area contributed by atoms with Gasteiger partial charge in [-0.3, -0.25) is 0 Å². The Labute approximate surface area is 142 Å². The second-order valence-corrected chi connectivity index (χ2v) is 6.02. The largest absolute Gasteiger partial charge is 0.493 e. The molecule has 1 fully saturated rings. The zero-order chi connectivity index (χ0) is 16.9. The standard InChI is InChI=1S/C19H23FN2O2/c1-23-18-9-5-6-15(19(18)24-2)14-21-10-12-22(13-11-21)17-8-4-3-7-16(17)20/h3-9H,10-14H2,1-2H3/p+1. The van der Waals surface area contributed by atoms with Crippen LogP contribution in [0.4, 0.5) is 10.1 Å². The van der Waals surface area contributed by atoms with E-state index < -0.39 is 0 Å². The summed E-state index contributed by atoms with van der Waals surface area (Å²) in [5.74, 6) is 1.43. The molecule has 0 aromatic heterocycles. The third-order valence-electron chi connectivity index (χ3n) is 4.59. The van der Waals surface area contributed by atoms with Gasteiger partial charge in [0.05, 0.1) is 51.6 Å². The molecule has 5 heteroatoms. The molecule has 0 bridgehead atoms. The molecular formula is C19H24FN2O2+. The molecule has 1 heterocycles. The number of piperazine rings is 1. The van der Waals surface area contributed by atoms with Gasteiger partial charge in [-0.15, -0.1) is 0 Å². The van der Waals surface area contributed by atoms with Gasteiger partial charge in [-0.2, -0.15) is 0 Å². The topological polar surface area (TPSA) is 26.1 Å². The van der Waals surface area contributed by atoms with E-state index in [9.17, 15) is 4.39 Å². The zero-order valence-corrected chi connectivity index (χ0v) is 14.2. The van der Waals surface area contributed by atoms with Crippen LogP contribution in [0.2, 0.25) is 0 Å². The Bertz CT molecular complexity index is 685. The van der Waals surface area contributed by atoms with Crippen LogP contribution >= 0.6 is 0 Å². The number of hydrogen-bond donors (Lipinski definition) is 1. The normalized spacial score (nSPS) is 15.4. The van der Waals surface area contributed by atoms with Gasteiger partial charge in [0.1, 0.15) is 12.4 Å². The van der Waals surface area contributed by atoms with E-state index in [1.54, 1.807) is 20.3 Å². The van der Waals surface area contributed by atoms with Crippen LogP contribution in [-0.4, -0.2) is 40.4 Å².